The van der Waals surface area contributed by atoms with Gasteiger partial charge in [0.2, 0.25) is 0 Å². The third-order valence-electron chi connectivity index (χ3n) is 5.37. The number of hydrogen-bond acceptors (Lipinski definition) is 10. The standard InChI is InChI=1S/C28H30N2O9S/c1-5-37-26(35)22(40-30-23(32)18-13-9-10-14-19(18)24(30)33)21(31)15-20(29-27(36)39-28(2,3)4)25(34)38-16-17-11-7-6-8-12-17/h6-14,20,22H,5,15-16H2,1-4H3,(H,29,36)/t20-,22?/m0/s1. The summed E-state index contributed by atoms with van der Waals surface area (Å²) in [4.78, 5) is 77.4. The molecule has 0 spiro atoms. The maximum atomic E-state index is 13.4. The summed E-state index contributed by atoms with van der Waals surface area (Å²) in [6, 6.07) is 13.3. The lowest BCUT2D eigenvalue weighted by atomic mass is 10.1. The quantitative estimate of drug-likeness (QED) is 0.140. The Morgan fingerprint density at radius 3 is 2.00 bits per heavy atom. The van der Waals surface area contributed by atoms with Gasteiger partial charge in [0.15, 0.2) is 11.0 Å². The second-order valence-corrected chi connectivity index (χ2v) is 10.7. The normalized spacial score (nSPS) is 14.2. The number of alkyl carbamates (subject to hydrolysis) is 1. The summed E-state index contributed by atoms with van der Waals surface area (Å²) in [6.07, 6.45) is -1.69. The minimum absolute atomic E-state index is 0.0794. The van der Waals surface area contributed by atoms with Crippen LogP contribution in [0.5, 0.6) is 0 Å². The molecule has 1 unspecified atom stereocenters. The van der Waals surface area contributed by atoms with Gasteiger partial charge in [0, 0.05) is 6.42 Å². The molecule has 1 N–H and O–H groups in total. The minimum atomic E-state index is -1.69. The molecular weight excluding hydrogens is 540 g/mol. The van der Waals surface area contributed by atoms with Gasteiger partial charge in [-0.25, -0.2) is 13.9 Å². The van der Waals surface area contributed by atoms with Crippen molar-refractivity contribution < 1.29 is 43.0 Å². The molecule has 0 radical (unpaired) electrons. The summed E-state index contributed by atoms with van der Waals surface area (Å²) in [6.45, 7) is 6.18. The van der Waals surface area contributed by atoms with Gasteiger partial charge in [0.05, 0.1) is 17.7 Å². The van der Waals surface area contributed by atoms with Crippen molar-refractivity contribution in [1.82, 2.24) is 9.62 Å². The Kier molecular flexibility index (Phi) is 10.1. The monoisotopic (exact) mass is 570 g/mol. The smallest absolute Gasteiger partial charge is 0.408 e. The van der Waals surface area contributed by atoms with E-state index in [4.69, 9.17) is 14.2 Å². The van der Waals surface area contributed by atoms with E-state index in [2.05, 4.69) is 5.32 Å². The molecule has 3 amide bonds. The lowest BCUT2D eigenvalue weighted by molar-refractivity contribution is -0.150. The van der Waals surface area contributed by atoms with Gasteiger partial charge in [-0.15, -0.1) is 0 Å². The number of imide groups is 1. The summed E-state index contributed by atoms with van der Waals surface area (Å²) in [5, 5.41) is 0.638. The number of carbonyl (C=O) groups excluding carboxylic acids is 6. The predicted molar refractivity (Wildman–Crippen MR) is 144 cm³/mol. The van der Waals surface area contributed by atoms with E-state index in [1.165, 1.54) is 19.1 Å². The summed E-state index contributed by atoms with van der Waals surface area (Å²) in [7, 11) is 0. The number of ether oxygens (including phenoxy) is 3. The molecule has 40 heavy (non-hydrogen) atoms. The molecule has 0 fully saturated rings. The summed E-state index contributed by atoms with van der Waals surface area (Å²) >= 11 is 0.388. The fraction of sp³-hybridized carbons (Fsp3) is 0.357. The van der Waals surface area contributed by atoms with Gasteiger partial charge < -0.3 is 19.5 Å². The van der Waals surface area contributed by atoms with Gasteiger partial charge in [-0.3, -0.25) is 19.2 Å². The highest BCUT2D eigenvalue weighted by Gasteiger charge is 2.42. The molecule has 0 aliphatic carbocycles. The lowest BCUT2D eigenvalue weighted by Gasteiger charge is -2.24. The molecule has 1 aliphatic heterocycles. The van der Waals surface area contributed by atoms with Gasteiger partial charge in [-0.2, -0.15) is 0 Å². The first-order valence-corrected chi connectivity index (χ1v) is 13.3. The van der Waals surface area contributed by atoms with Gasteiger partial charge in [-0.05, 0) is 57.3 Å². The molecule has 12 heteroatoms. The molecule has 212 valence electrons. The van der Waals surface area contributed by atoms with E-state index >= 15 is 0 Å². The summed E-state index contributed by atoms with van der Waals surface area (Å²) in [5.74, 6) is -4.23. The average molecular weight is 571 g/mol. The number of nitrogens with one attached hydrogen (secondary N) is 1. The van der Waals surface area contributed by atoms with Crippen LogP contribution in [0.2, 0.25) is 0 Å². The van der Waals surface area contributed by atoms with Crippen LogP contribution in [-0.2, 0) is 35.2 Å². The van der Waals surface area contributed by atoms with Crippen molar-refractivity contribution in [2.24, 2.45) is 0 Å². The highest BCUT2D eigenvalue weighted by atomic mass is 32.2. The predicted octanol–water partition coefficient (Wildman–Crippen LogP) is 3.46. The maximum absolute atomic E-state index is 13.4. The minimum Gasteiger partial charge on any atom is -0.465 e. The van der Waals surface area contributed by atoms with Crippen molar-refractivity contribution in [2.75, 3.05) is 6.61 Å². The highest BCUT2D eigenvalue weighted by Crippen LogP contribution is 2.32. The van der Waals surface area contributed by atoms with Crippen molar-refractivity contribution in [3.63, 3.8) is 0 Å². The third-order valence-corrected chi connectivity index (χ3v) is 6.57. The van der Waals surface area contributed by atoms with E-state index in [9.17, 15) is 28.8 Å². The Morgan fingerprint density at radius 2 is 1.45 bits per heavy atom. The second kappa shape index (κ2) is 13.2. The van der Waals surface area contributed by atoms with E-state index in [-0.39, 0.29) is 24.3 Å². The Bertz CT molecular complexity index is 1260. The molecule has 0 saturated carbocycles. The van der Waals surface area contributed by atoms with Crippen LogP contribution in [0, 0.1) is 0 Å². The Labute approximate surface area is 235 Å². The third kappa shape index (κ3) is 7.92. The zero-order valence-corrected chi connectivity index (χ0v) is 23.3. The average Bonchev–Trinajstić information content (AvgIpc) is 3.14. The van der Waals surface area contributed by atoms with Crippen LogP contribution < -0.4 is 5.32 Å². The number of fused-ring (bicyclic) bond motifs is 1. The molecule has 1 aliphatic rings. The molecule has 11 nitrogen and oxygen atoms in total. The van der Waals surface area contributed by atoms with E-state index in [1.54, 1.807) is 63.2 Å². The van der Waals surface area contributed by atoms with E-state index in [0.717, 1.165) is 0 Å². The molecule has 0 bridgehead atoms. The van der Waals surface area contributed by atoms with Gasteiger partial charge in [0.1, 0.15) is 18.2 Å². The zero-order chi connectivity index (χ0) is 29.4. The molecule has 2 atom stereocenters. The van der Waals surface area contributed by atoms with Crippen molar-refractivity contribution in [2.45, 2.75) is 57.6 Å². The fourth-order valence-electron chi connectivity index (χ4n) is 3.60. The van der Waals surface area contributed by atoms with Crippen LogP contribution in [0.4, 0.5) is 4.79 Å². The van der Waals surface area contributed by atoms with Crippen LogP contribution in [0.3, 0.4) is 0 Å². The van der Waals surface area contributed by atoms with Crippen LogP contribution in [0.1, 0.15) is 60.4 Å². The number of amides is 3. The van der Waals surface area contributed by atoms with Crippen molar-refractivity contribution in [3.8, 4) is 0 Å². The highest BCUT2D eigenvalue weighted by molar-refractivity contribution is 8.00. The van der Waals surface area contributed by atoms with E-state index in [1.807, 2.05) is 0 Å². The van der Waals surface area contributed by atoms with Crippen LogP contribution in [0.15, 0.2) is 54.6 Å². The summed E-state index contributed by atoms with van der Waals surface area (Å²) in [5.41, 5.74) is 0.0262. The first-order chi connectivity index (χ1) is 18.9. The molecular formula is C28H30N2O9S. The van der Waals surface area contributed by atoms with Gasteiger partial charge >= 0.3 is 18.0 Å². The Balaban J connectivity index is 1.81. The van der Waals surface area contributed by atoms with Crippen molar-refractivity contribution >= 4 is 47.6 Å². The number of carbonyl (C=O) groups is 6. The molecule has 0 aromatic heterocycles. The second-order valence-electron chi connectivity index (χ2n) is 9.65. The van der Waals surface area contributed by atoms with Crippen LogP contribution in [-0.4, -0.2) is 63.4 Å². The molecule has 3 rings (SSSR count). The number of ketones is 1. The lowest BCUT2D eigenvalue weighted by Crippen LogP contribution is -2.47. The first kappa shape index (κ1) is 30.4. The fourth-order valence-corrected chi connectivity index (χ4v) is 4.57. The Hall–Kier alpha value is -4.19. The SMILES string of the molecule is CCOC(=O)C(SN1C(=O)c2ccccc2C1=O)C(=O)C[C@H](NC(=O)OC(C)(C)C)C(=O)OCc1ccccc1. The number of nitrogens with zero attached hydrogens (tertiary/aromatic N) is 1. The van der Waals surface area contributed by atoms with Gasteiger partial charge in [-0.1, -0.05) is 42.5 Å². The zero-order valence-electron chi connectivity index (χ0n) is 22.5. The topological polar surface area (TPSA) is 145 Å². The number of Topliss-reactive ketones (excluding diaryl/α,β-unsaturated/α-hetero) is 1. The molecule has 2 aromatic carbocycles. The first-order valence-electron chi connectivity index (χ1n) is 12.4. The number of hydrogen-bond donors (Lipinski definition) is 1. The molecule has 1 heterocycles. The number of esters is 2. The maximum Gasteiger partial charge on any atom is 0.408 e. The summed E-state index contributed by atoms with van der Waals surface area (Å²) < 4.78 is 16.3. The van der Waals surface area contributed by atoms with Crippen LogP contribution in [0.25, 0.3) is 0 Å². The van der Waals surface area contributed by atoms with E-state index < -0.39 is 58.9 Å². The van der Waals surface area contributed by atoms with Gasteiger partial charge in [0.25, 0.3) is 11.8 Å². The van der Waals surface area contributed by atoms with E-state index in [0.29, 0.717) is 21.8 Å². The molecule has 0 saturated heterocycles. The Morgan fingerprint density at radius 1 is 0.875 bits per heavy atom. The number of rotatable bonds is 11. The van der Waals surface area contributed by atoms with Crippen molar-refractivity contribution in [3.05, 3.63) is 71.3 Å². The number of benzene rings is 2. The molecule has 2 aromatic rings. The van der Waals surface area contributed by atoms with Crippen LogP contribution >= 0.6 is 11.9 Å². The largest absolute Gasteiger partial charge is 0.465 e. The van der Waals surface area contributed by atoms with Crippen molar-refractivity contribution in [1.29, 1.82) is 0 Å².